The summed E-state index contributed by atoms with van der Waals surface area (Å²) in [5, 5.41) is 24.3. The molecule has 1 heterocycles. The van der Waals surface area contributed by atoms with E-state index in [9.17, 15) is 9.90 Å². The van der Waals surface area contributed by atoms with Gasteiger partial charge in [0.15, 0.2) is 0 Å². The number of anilines is 1. The van der Waals surface area contributed by atoms with Gasteiger partial charge in [0, 0.05) is 19.2 Å². The Balaban J connectivity index is 2.66. The van der Waals surface area contributed by atoms with E-state index in [0.717, 1.165) is 0 Å². The van der Waals surface area contributed by atoms with E-state index in [1.807, 2.05) is 6.07 Å². The van der Waals surface area contributed by atoms with E-state index in [4.69, 9.17) is 27.3 Å². The maximum absolute atomic E-state index is 11.3. The van der Waals surface area contributed by atoms with E-state index in [-0.39, 0.29) is 10.7 Å². The van der Waals surface area contributed by atoms with Crippen LogP contribution < -0.4 is 16.4 Å². The number of hydrogen-bond acceptors (Lipinski definition) is 5. The maximum Gasteiger partial charge on any atom is 0.405 e. The number of ether oxygens (including phenoxy) is 1. The number of methoxy groups -OCH3 is 1. The van der Waals surface area contributed by atoms with Crippen LogP contribution >= 0.6 is 11.6 Å². The number of amides is 1. The molecule has 1 aromatic rings. The lowest BCUT2D eigenvalue weighted by Gasteiger charge is -2.44. The van der Waals surface area contributed by atoms with Crippen molar-refractivity contribution >= 4 is 23.4 Å². The molecule has 118 valence electrons. The van der Waals surface area contributed by atoms with Gasteiger partial charge in [0.05, 0.1) is 34.0 Å². The SMILES string of the molecule is CO[C@@H]1CNCC[C@@]1(NC(=O)O)c1cc(C#N)cc(N)c1Cl. The van der Waals surface area contributed by atoms with Crippen molar-refractivity contribution in [1.82, 2.24) is 10.6 Å². The first-order valence-electron chi connectivity index (χ1n) is 6.69. The van der Waals surface area contributed by atoms with Gasteiger partial charge in [0.25, 0.3) is 0 Å². The van der Waals surface area contributed by atoms with Crippen molar-refractivity contribution in [3.63, 3.8) is 0 Å². The number of carbonyl (C=O) groups is 1. The Morgan fingerprint density at radius 1 is 1.68 bits per heavy atom. The lowest BCUT2D eigenvalue weighted by molar-refractivity contribution is -0.00325. The fourth-order valence-corrected chi connectivity index (χ4v) is 3.16. The van der Waals surface area contributed by atoms with Crippen LogP contribution in [-0.4, -0.2) is 37.5 Å². The highest BCUT2D eigenvalue weighted by molar-refractivity contribution is 6.34. The molecule has 0 aliphatic carbocycles. The van der Waals surface area contributed by atoms with Gasteiger partial charge in [0.2, 0.25) is 0 Å². The van der Waals surface area contributed by atoms with Crippen molar-refractivity contribution in [2.45, 2.75) is 18.1 Å². The highest BCUT2D eigenvalue weighted by atomic mass is 35.5. The third-order valence-corrected chi connectivity index (χ3v) is 4.32. The second kappa shape index (κ2) is 6.40. The molecule has 1 aliphatic heterocycles. The number of rotatable bonds is 3. The van der Waals surface area contributed by atoms with Gasteiger partial charge in [0.1, 0.15) is 0 Å². The standard InChI is InChI=1S/C14H17ClN4O3/c1-22-11-7-18-3-2-14(11,19-13(20)21)9-4-8(6-16)5-10(17)12(9)15/h4-5,11,18-19H,2-3,7,17H2,1H3,(H,20,21)/t11-,14-/m1/s1. The second-order valence-corrected chi connectivity index (χ2v) is 5.50. The minimum Gasteiger partial charge on any atom is -0.465 e. The zero-order valence-electron chi connectivity index (χ0n) is 12.0. The molecule has 22 heavy (non-hydrogen) atoms. The quantitative estimate of drug-likeness (QED) is 0.621. The summed E-state index contributed by atoms with van der Waals surface area (Å²) in [5.41, 5.74) is 5.81. The molecule has 1 aromatic carbocycles. The molecule has 0 spiro atoms. The largest absolute Gasteiger partial charge is 0.465 e. The average Bonchev–Trinajstić information content (AvgIpc) is 2.49. The van der Waals surface area contributed by atoms with E-state index in [1.54, 1.807) is 6.07 Å². The predicted octanol–water partition coefficient (Wildman–Crippen LogP) is 1.27. The molecule has 0 saturated carbocycles. The molecule has 0 aromatic heterocycles. The Hall–Kier alpha value is -2.01. The molecular formula is C14H17ClN4O3. The van der Waals surface area contributed by atoms with Crippen molar-refractivity contribution in [3.8, 4) is 6.07 Å². The highest BCUT2D eigenvalue weighted by Crippen LogP contribution is 2.39. The Morgan fingerprint density at radius 2 is 2.41 bits per heavy atom. The molecule has 2 atom stereocenters. The Bertz CT molecular complexity index is 631. The normalized spacial score (nSPS) is 24.5. The van der Waals surface area contributed by atoms with Gasteiger partial charge >= 0.3 is 6.09 Å². The number of nitrogens with two attached hydrogens (primary N) is 1. The molecule has 1 amide bonds. The predicted molar refractivity (Wildman–Crippen MR) is 81.7 cm³/mol. The molecule has 0 unspecified atom stereocenters. The van der Waals surface area contributed by atoms with Crippen LogP contribution in [0.15, 0.2) is 12.1 Å². The lowest BCUT2D eigenvalue weighted by atomic mass is 9.78. The van der Waals surface area contributed by atoms with E-state index in [0.29, 0.717) is 30.6 Å². The van der Waals surface area contributed by atoms with Gasteiger partial charge in [-0.25, -0.2) is 4.79 Å². The number of halogens is 1. The fourth-order valence-electron chi connectivity index (χ4n) is 2.88. The number of hydrogen-bond donors (Lipinski definition) is 4. The second-order valence-electron chi connectivity index (χ2n) is 5.12. The molecular weight excluding hydrogens is 308 g/mol. The summed E-state index contributed by atoms with van der Waals surface area (Å²) >= 11 is 6.31. The van der Waals surface area contributed by atoms with Gasteiger partial charge in [-0.1, -0.05) is 11.6 Å². The highest BCUT2D eigenvalue weighted by Gasteiger charge is 2.46. The van der Waals surface area contributed by atoms with Gasteiger partial charge in [-0.15, -0.1) is 0 Å². The van der Waals surface area contributed by atoms with Crippen LogP contribution in [-0.2, 0) is 10.3 Å². The first-order chi connectivity index (χ1) is 10.4. The minimum absolute atomic E-state index is 0.232. The number of piperidine rings is 1. The summed E-state index contributed by atoms with van der Waals surface area (Å²) in [5.74, 6) is 0. The minimum atomic E-state index is -1.19. The van der Waals surface area contributed by atoms with Crippen LogP contribution in [0.25, 0.3) is 0 Å². The number of carboxylic acid groups (broad SMARTS) is 1. The molecule has 7 nitrogen and oxygen atoms in total. The van der Waals surface area contributed by atoms with Crippen molar-refractivity contribution in [1.29, 1.82) is 5.26 Å². The van der Waals surface area contributed by atoms with Gasteiger partial charge in [-0.05, 0) is 25.1 Å². The number of nitriles is 1. The van der Waals surface area contributed by atoms with Gasteiger partial charge < -0.3 is 26.2 Å². The number of nitrogens with one attached hydrogen (secondary N) is 2. The van der Waals surface area contributed by atoms with E-state index >= 15 is 0 Å². The topological polar surface area (TPSA) is 120 Å². The first-order valence-corrected chi connectivity index (χ1v) is 7.06. The molecule has 1 aliphatic rings. The molecule has 8 heteroatoms. The van der Waals surface area contributed by atoms with Crippen molar-refractivity contribution in [2.75, 3.05) is 25.9 Å². The van der Waals surface area contributed by atoms with Crippen LogP contribution in [0.5, 0.6) is 0 Å². The number of benzene rings is 1. The van der Waals surface area contributed by atoms with Crippen LogP contribution in [0.3, 0.4) is 0 Å². The molecule has 1 saturated heterocycles. The summed E-state index contributed by atoms with van der Waals surface area (Å²) in [6, 6.07) is 5.03. The van der Waals surface area contributed by atoms with E-state index < -0.39 is 17.7 Å². The first kappa shape index (κ1) is 16.4. The lowest BCUT2D eigenvalue weighted by Crippen LogP contribution is -2.61. The molecule has 1 fully saturated rings. The molecule has 5 N–H and O–H groups in total. The fraction of sp³-hybridized carbons (Fsp3) is 0.429. The van der Waals surface area contributed by atoms with Crippen molar-refractivity contribution < 1.29 is 14.6 Å². The monoisotopic (exact) mass is 324 g/mol. The smallest absolute Gasteiger partial charge is 0.405 e. The van der Waals surface area contributed by atoms with Crippen LogP contribution in [0.1, 0.15) is 17.5 Å². The summed E-state index contributed by atoms with van der Waals surface area (Å²) < 4.78 is 5.46. The van der Waals surface area contributed by atoms with Crippen LogP contribution in [0.2, 0.25) is 5.02 Å². The van der Waals surface area contributed by atoms with Crippen LogP contribution in [0, 0.1) is 11.3 Å². The third-order valence-electron chi connectivity index (χ3n) is 3.90. The van der Waals surface area contributed by atoms with Crippen molar-refractivity contribution in [2.24, 2.45) is 0 Å². The summed E-state index contributed by atoms with van der Waals surface area (Å²) in [7, 11) is 1.50. The summed E-state index contributed by atoms with van der Waals surface area (Å²) in [6.07, 6.45) is -1.25. The molecule has 2 rings (SSSR count). The Morgan fingerprint density at radius 3 is 3.00 bits per heavy atom. The van der Waals surface area contributed by atoms with Gasteiger partial charge in [-0.3, -0.25) is 0 Å². The van der Waals surface area contributed by atoms with Crippen molar-refractivity contribution in [3.05, 3.63) is 28.3 Å². The Labute approximate surface area is 133 Å². The molecule has 0 bridgehead atoms. The zero-order chi connectivity index (χ0) is 16.3. The van der Waals surface area contributed by atoms with E-state index in [2.05, 4.69) is 10.6 Å². The van der Waals surface area contributed by atoms with E-state index in [1.165, 1.54) is 13.2 Å². The Kier molecular flexibility index (Phi) is 4.76. The number of nitrogens with zero attached hydrogens (tertiary/aromatic N) is 1. The number of nitrogen functional groups attached to an aromatic ring is 1. The zero-order valence-corrected chi connectivity index (χ0v) is 12.8. The van der Waals surface area contributed by atoms with Crippen LogP contribution in [0.4, 0.5) is 10.5 Å². The summed E-state index contributed by atoms with van der Waals surface area (Å²) in [6.45, 7) is 1.02. The average molecular weight is 325 g/mol. The summed E-state index contributed by atoms with van der Waals surface area (Å²) in [4.78, 5) is 11.3. The third kappa shape index (κ3) is 2.81. The molecule has 0 radical (unpaired) electrons. The maximum atomic E-state index is 11.3. The van der Waals surface area contributed by atoms with Gasteiger partial charge in [-0.2, -0.15) is 5.26 Å².